The highest BCUT2D eigenvalue weighted by Crippen LogP contribution is 2.23. The van der Waals surface area contributed by atoms with E-state index in [2.05, 4.69) is 25.7 Å². The third-order valence-corrected chi connectivity index (χ3v) is 6.33. The minimum atomic E-state index is -0.365. The number of halogens is 2. The van der Waals surface area contributed by atoms with Gasteiger partial charge in [0, 0.05) is 6.54 Å². The number of carbonyl (C=O) groups is 1. The number of nitrogen functional groups attached to an aromatic ring is 1. The molecule has 9 nitrogen and oxygen atoms in total. The molecule has 4 aromatic rings. The summed E-state index contributed by atoms with van der Waals surface area (Å²) in [5.74, 6) is 6.22. The summed E-state index contributed by atoms with van der Waals surface area (Å²) in [6, 6.07) is 11.5. The van der Waals surface area contributed by atoms with Crippen molar-refractivity contribution in [2.24, 2.45) is 0 Å². The van der Waals surface area contributed by atoms with Crippen LogP contribution in [0.3, 0.4) is 0 Å². The van der Waals surface area contributed by atoms with Crippen molar-refractivity contribution < 1.29 is 18.3 Å². The maximum Gasteiger partial charge on any atom is 0.282 e. The van der Waals surface area contributed by atoms with E-state index in [0.29, 0.717) is 27.5 Å². The molecule has 0 bridgehead atoms. The minimum absolute atomic E-state index is 0.0624. The van der Waals surface area contributed by atoms with Crippen LogP contribution in [0, 0.1) is 11.6 Å². The van der Waals surface area contributed by atoms with Gasteiger partial charge < -0.3 is 15.9 Å². The molecule has 1 amide bonds. The van der Waals surface area contributed by atoms with Gasteiger partial charge in [-0.05, 0) is 42.0 Å². The molecule has 2 aromatic heterocycles. The Hall–Kier alpha value is -3.58. The third-order valence-electron chi connectivity index (χ3n) is 4.27. The lowest BCUT2D eigenvalue weighted by atomic mass is 10.2. The monoisotopic (exact) mass is 489 g/mol. The van der Waals surface area contributed by atoms with Crippen LogP contribution in [-0.2, 0) is 18.9 Å². The lowest BCUT2D eigenvalue weighted by molar-refractivity contribution is 0.0950. The van der Waals surface area contributed by atoms with Crippen molar-refractivity contribution >= 4 is 29.0 Å². The van der Waals surface area contributed by atoms with Crippen molar-refractivity contribution in [3.63, 3.8) is 0 Å². The Bertz CT molecular complexity index is 1230. The Kier molecular flexibility index (Phi) is 7.10. The number of amides is 1. The highest BCUT2D eigenvalue weighted by molar-refractivity contribution is 7.98. The van der Waals surface area contributed by atoms with E-state index in [1.54, 1.807) is 12.1 Å². The summed E-state index contributed by atoms with van der Waals surface area (Å²) in [7, 11) is 0. The molecule has 0 saturated carbocycles. The third kappa shape index (κ3) is 6.02. The van der Waals surface area contributed by atoms with E-state index >= 15 is 0 Å². The smallest absolute Gasteiger partial charge is 0.282 e. The Labute approximate surface area is 195 Å². The van der Waals surface area contributed by atoms with Crippen molar-refractivity contribution in [2.45, 2.75) is 24.1 Å². The number of nitrogens with zero attached hydrogens (tertiary/aromatic N) is 5. The highest BCUT2D eigenvalue weighted by Gasteiger charge is 2.15. The molecule has 170 valence electrons. The molecule has 0 radical (unpaired) electrons. The van der Waals surface area contributed by atoms with Crippen LogP contribution in [0.4, 0.5) is 8.78 Å². The number of hydrogen-bond acceptors (Lipinski definition) is 9. The fourth-order valence-corrected chi connectivity index (χ4v) is 4.19. The van der Waals surface area contributed by atoms with Crippen molar-refractivity contribution in [1.82, 2.24) is 30.4 Å². The molecule has 3 N–H and O–H groups in total. The molecular formula is C20H17F2N7O2S2. The molecule has 2 heterocycles. The zero-order valence-corrected chi connectivity index (χ0v) is 18.6. The van der Waals surface area contributed by atoms with E-state index in [1.807, 2.05) is 0 Å². The van der Waals surface area contributed by atoms with Crippen LogP contribution in [0.15, 0.2) is 53.7 Å². The van der Waals surface area contributed by atoms with Gasteiger partial charge in [0.2, 0.25) is 10.2 Å². The number of ether oxygens (including phenoxy) is 1. The second-order valence-electron chi connectivity index (χ2n) is 6.61. The van der Waals surface area contributed by atoms with Gasteiger partial charge in [0.05, 0.1) is 5.75 Å². The summed E-state index contributed by atoms with van der Waals surface area (Å²) in [5.41, 5.74) is 0.770. The van der Waals surface area contributed by atoms with E-state index in [-0.39, 0.29) is 35.7 Å². The van der Waals surface area contributed by atoms with E-state index in [4.69, 9.17) is 10.6 Å². The van der Waals surface area contributed by atoms with Gasteiger partial charge in [0.15, 0.2) is 5.82 Å². The summed E-state index contributed by atoms with van der Waals surface area (Å²) in [6.45, 7) is 0.314. The quantitative estimate of drug-likeness (QED) is 0.272. The number of thioether (sulfide) groups is 1. The van der Waals surface area contributed by atoms with Gasteiger partial charge in [-0.2, -0.15) is 0 Å². The molecule has 0 saturated heterocycles. The summed E-state index contributed by atoms with van der Waals surface area (Å²) in [5, 5.41) is 20.0. The first-order chi connectivity index (χ1) is 16.0. The molecular weight excluding hydrogens is 472 g/mol. The van der Waals surface area contributed by atoms with Crippen LogP contribution in [0.25, 0.3) is 0 Å². The van der Waals surface area contributed by atoms with Gasteiger partial charge in [0.1, 0.15) is 29.0 Å². The number of nitrogens with one attached hydrogen (secondary N) is 1. The van der Waals surface area contributed by atoms with Crippen LogP contribution < -0.4 is 15.9 Å². The fourth-order valence-electron chi connectivity index (χ4n) is 2.57. The molecule has 13 heteroatoms. The Morgan fingerprint density at radius 2 is 1.73 bits per heavy atom. The standard InChI is InChI=1S/C20H17F2N7O2S2/c21-13-3-1-12(2-4-13)9-24-18(30)19-27-26-17(33-19)11-32-20-28-25-16(29(20)23)10-31-15-7-5-14(22)6-8-15/h1-8H,9-11,23H2,(H,24,30). The summed E-state index contributed by atoms with van der Waals surface area (Å²) in [6.07, 6.45) is 0. The number of aromatic nitrogens is 5. The van der Waals surface area contributed by atoms with Crippen molar-refractivity contribution in [3.05, 3.63) is 81.6 Å². The van der Waals surface area contributed by atoms with E-state index in [1.165, 1.54) is 52.8 Å². The molecule has 0 fully saturated rings. The predicted octanol–water partition coefficient (Wildman–Crippen LogP) is 2.92. The van der Waals surface area contributed by atoms with Crippen LogP contribution in [0.1, 0.15) is 26.2 Å². The maximum atomic E-state index is 13.0. The molecule has 0 spiro atoms. The first kappa shape index (κ1) is 22.6. The van der Waals surface area contributed by atoms with Gasteiger partial charge >= 0.3 is 0 Å². The maximum absolute atomic E-state index is 13.0. The molecule has 4 rings (SSSR count). The van der Waals surface area contributed by atoms with E-state index in [0.717, 1.165) is 16.9 Å². The molecule has 0 aliphatic rings. The average Bonchev–Trinajstić information content (AvgIpc) is 3.43. The van der Waals surface area contributed by atoms with Gasteiger partial charge in [-0.15, -0.1) is 20.4 Å². The number of hydrogen-bond donors (Lipinski definition) is 2. The second kappa shape index (κ2) is 10.4. The van der Waals surface area contributed by atoms with E-state index < -0.39 is 0 Å². The normalized spacial score (nSPS) is 10.8. The first-order valence-electron chi connectivity index (χ1n) is 9.53. The lowest BCUT2D eigenvalue weighted by Gasteiger charge is -2.06. The van der Waals surface area contributed by atoms with Crippen molar-refractivity contribution in [1.29, 1.82) is 0 Å². The number of benzene rings is 2. The Morgan fingerprint density at radius 3 is 2.45 bits per heavy atom. The number of carbonyl (C=O) groups excluding carboxylic acids is 1. The zero-order chi connectivity index (χ0) is 23.2. The summed E-state index contributed by atoms with van der Waals surface area (Å²) < 4.78 is 32.7. The number of nitrogens with two attached hydrogens (primary N) is 1. The Balaban J connectivity index is 1.27. The van der Waals surface area contributed by atoms with Crippen LogP contribution in [0.2, 0.25) is 0 Å². The van der Waals surface area contributed by atoms with Crippen LogP contribution in [-0.4, -0.2) is 31.0 Å². The largest absolute Gasteiger partial charge is 0.486 e. The predicted molar refractivity (Wildman–Crippen MR) is 118 cm³/mol. The van der Waals surface area contributed by atoms with Gasteiger partial charge in [0.25, 0.3) is 5.91 Å². The second-order valence-corrected chi connectivity index (χ2v) is 8.61. The lowest BCUT2D eigenvalue weighted by Crippen LogP contribution is -2.22. The van der Waals surface area contributed by atoms with Crippen molar-refractivity contribution in [2.75, 3.05) is 5.84 Å². The topological polar surface area (TPSA) is 121 Å². The van der Waals surface area contributed by atoms with Gasteiger partial charge in [-0.3, -0.25) is 4.79 Å². The summed E-state index contributed by atoms with van der Waals surface area (Å²) >= 11 is 2.43. The molecule has 0 aliphatic carbocycles. The SMILES string of the molecule is Nn1c(COc2ccc(F)cc2)nnc1SCc1nnc(C(=O)NCc2ccc(F)cc2)s1. The zero-order valence-electron chi connectivity index (χ0n) is 16.9. The molecule has 0 aliphatic heterocycles. The first-order valence-corrected chi connectivity index (χ1v) is 11.3. The van der Waals surface area contributed by atoms with Crippen LogP contribution >= 0.6 is 23.1 Å². The average molecular weight is 490 g/mol. The molecule has 0 atom stereocenters. The molecule has 2 aromatic carbocycles. The molecule has 0 unspecified atom stereocenters. The molecule has 33 heavy (non-hydrogen) atoms. The van der Waals surface area contributed by atoms with Crippen molar-refractivity contribution in [3.8, 4) is 5.75 Å². The van der Waals surface area contributed by atoms with Gasteiger partial charge in [-0.1, -0.05) is 35.2 Å². The fraction of sp³-hybridized carbons (Fsp3) is 0.150. The number of rotatable bonds is 9. The van der Waals surface area contributed by atoms with Crippen LogP contribution in [0.5, 0.6) is 5.75 Å². The minimum Gasteiger partial charge on any atom is -0.486 e. The summed E-state index contributed by atoms with van der Waals surface area (Å²) in [4.78, 5) is 12.3. The Morgan fingerprint density at radius 1 is 1.03 bits per heavy atom. The van der Waals surface area contributed by atoms with Gasteiger partial charge in [-0.25, -0.2) is 13.5 Å². The van der Waals surface area contributed by atoms with E-state index in [9.17, 15) is 13.6 Å². The highest BCUT2D eigenvalue weighted by atomic mass is 32.2.